The minimum absolute atomic E-state index is 0. The van der Waals surface area contributed by atoms with E-state index in [1.165, 1.54) is 11.3 Å². The zero-order chi connectivity index (χ0) is 17.9. The first-order valence-corrected chi connectivity index (χ1v) is 10.4. The molecule has 0 bridgehead atoms. The van der Waals surface area contributed by atoms with Gasteiger partial charge in [-0.3, -0.25) is 9.52 Å². The highest BCUT2D eigenvalue weighted by Crippen LogP contribution is 2.20. The van der Waals surface area contributed by atoms with E-state index >= 15 is 0 Å². The molecule has 142 valence electrons. The Morgan fingerprint density at radius 3 is 2.62 bits per heavy atom. The third kappa shape index (κ3) is 4.97. The Balaban J connectivity index is 0.00000243. The van der Waals surface area contributed by atoms with Gasteiger partial charge in [0.15, 0.2) is 0 Å². The van der Waals surface area contributed by atoms with E-state index in [0.29, 0.717) is 12.1 Å². The third-order valence-electron chi connectivity index (χ3n) is 4.30. The number of carbonyl (C=O) groups is 1. The van der Waals surface area contributed by atoms with Crippen LogP contribution in [0.3, 0.4) is 0 Å². The summed E-state index contributed by atoms with van der Waals surface area (Å²) in [5.41, 5.74) is 1.35. The number of rotatable bonds is 6. The highest BCUT2D eigenvalue weighted by atomic mass is 35.5. The summed E-state index contributed by atoms with van der Waals surface area (Å²) in [4.78, 5) is 14.2. The lowest BCUT2D eigenvalue weighted by Gasteiger charge is -2.23. The Bertz CT molecular complexity index is 817. The van der Waals surface area contributed by atoms with Gasteiger partial charge in [-0.25, -0.2) is 8.42 Å². The Morgan fingerprint density at radius 2 is 2.04 bits per heavy atom. The second-order valence-corrected chi connectivity index (χ2v) is 8.92. The van der Waals surface area contributed by atoms with Crippen LogP contribution in [0, 0.1) is 0 Å². The van der Waals surface area contributed by atoms with Gasteiger partial charge in [0.05, 0.1) is 6.42 Å². The molecule has 0 radical (unpaired) electrons. The number of hydrogen-bond donors (Lipinski definition) is 2. The average Bonchev–Trinajstić information content (AvgIpc) is 3.29. The molecule has 0 saturated carbocycles. The van der Waals surface area contributed by atoms with Gasteiger partial charge in [0.1, 0.15) is 4.21 Å². The van der Waals surface area contributed by atoms with Crippen molar-refractivity contribution in [2.45, 2.75) is 23.1 Å². The van der Waals surface area contributed by atoms with Gasteiger partial charge < -0.3 is 10.2 Å². The number of nitrogens with zero attached hydrogens (tertiary/aromatic N) is 1. The van der Waals surface area contributed by atoms with Crippen molar-refractivity contribution in [3.63, 3.8) is 0 Å². The van der Waals surface area contributed by atoms with Crippen molar-refractivity contribution in [3.05, 3.63) is 47.3 Å². The molecule has 2 heterocycles. The molecular weight excluding hydrogens is 394 g/mol. The summed E-state index contributed by atoms with van der Waals surface area (Å²) >= 11 is 1.17. The number of halogens is 1. The first-order valence-electron chi connectivity index (χ1n) is 8.07. The molecule has 1 aliphatic heterocycles. The van der Waals surface area contributed by atoms with Gasteiger partial charge in [-0.1, -0.05) is 18.2 Å². The molecule has 1 amide bonds. The van der Waals surface area contributed by atoms with E-state index in [1.54, 1.807) is 46.7 Å². The van der Waals surface area contributed by atoms with Crippen molar-refractivity contribution in [3.8, 4) is 0 Å². The molecule has 2 aromatic rings. The van der Waals surface area contributed by atoms with Gasteiger partial charge in [-0.05, 0) is 42.1 Å². The monoisotopic (exact) mass is 415 g/mol. The van der Waals surface area contributed by atoms with Crippen LogP contribution in [0.4, 0.5) is 5.69 Å². The molecule has 1 aromatic heterocycles. The molecule has 0 spiro atoms. The van der Waals surface area contributed by atoms with Crippen LogP contribution in [-0.2, 0) is 21.2 Å². The molecule has 1 unspecified atom stereocenters. The molecule has 1 aromatic carbocycles. The maximum atomic E-state index is 12.4. The van der Waals surface area contributed by atoms with Crippen molar-refractivity contribution < 1.29 is 13.2 Å². The summed E-state index contributed by atoms with van der Waals surface area (Å²) in [6.07, 6.45) is 1.29. The summed E-state index contributed by atoms with van der Waals surface area (Å²) in [5.74, 6) is 0.0700. The van der Waals surface area contributed by atoms with Crippen molar-refractivity contribution in [2.75, 3.05) is 24.9 Å². The number of likely N-dealkylation sites (N-methyl/N-ethyl adjacent to an activating group) is 1. The largest absolute Gasteiger partial charge is 0.341 e. The molecule has 2 N–H and O–H groups in total. The van der Waals surface area contributed by atoms with Crippen LogP contribution in [0.2, 0.25) is 0 Å². The summed E-state index contributed by atoms with van der Waals surface area (Å²) in [5, 5.41) is 4.98. The fourth-order valence-corrected chi connectivity index (χ4v) is 4.84. The molecular formula is C17H22ClN3O3S2. The van der Waals surface area contributed by atoms with Crippen LogP contribution in [0.25, 0.3) is 0 Å². The van der Waals surface area contributed by atoms with Crippen molar-refractivity contribution >= 4 is 45.4 Å². The van der Waals surface area contributed by atoms with Crippen LogP contribution in [0.1, 0.15) is 12.0 Å². The summed E-state index contributed by atoms with van der Waals surface area (Å²) in [6, 6.07) is 10.5. The van der Waals surface area contributed by atoms with Gasteiger partial charge in [0, 0.05) is 25.3 Å². The number of hydrogen-bond acceptors (Lipinski definition) is 5. The van der Waals surface area contributed by atoms with Crippen LogP contribution in [0.15, 0.2) is 46.0 Å². The molecule has 1 aliphatic rings. The van der Waals surface area contributed by atoms with Gasteiger partial charge in [0.25, 0.3) is 10.0 Å². The number of anilines is 1. The fourth-order valence-electron chi connectivity index (χ4n) is 2.79. The molecule has 1 saturated heterocycles. The maximum absolute atomic E-state index is 12.4. The van der Waals surface area contributed by atoms with Crippen LogP contribution < -0.4 is 10.0 Å². The molecule has 6 nitrogen and oxygen atoms in total. The third-order valence-corrected chi connectivity index (χ3v) is 7.08. The minimum atomic E-state index is -3.54. The van der Waals surface area contributed by atoms with Crippen molar-refractivity contribution in [2.24, 2.45) is 0 Å². The number of thiophene rings is 1. The van der Waals surface area contributed by atoms with E-state index in [0.717, 1.165) is 25.1 Å². The number of benzene rings is 1. The second kappa shape index (κ2) is 8.85. The minimum Gasteiger partial charge on any atom is -0.341 e. The van der Waals surface area contributed by atoms with Gasteiger partial charge in [-0.2, -0.15) is 0 Å². The Hall–Kier alpha value is -1.61. The topological polar surface area (TPSA) is 78.5 Å². The molecule has 3 rings (SSSR count). The fraction of sp³-hybridized carbons (Fsp3) is 0.353. The van der Waals surface area contributed by atoms with E-state index < -0.39 is 10.0 Å². The molecule has 1 fully saturated rings. The van der Waals surface area contributed by atoms with E-state index in [1.807, 2.05) is 7.05 Å². The maximum Gasteiger partial charge on any atom is 0.271 e. The predicted molar refractivity (Wildman–Crippen MR) is 107 cm³/mol. The van der Waals surface area contributed by atoms with Crippen molar-refractivity contribution in [1.29, 1.82) is 0 Å². The smallest absolute Gasteiger partial charge is 0.271 e. The zero-order valence-electron chi connectivity index (χ0n) is 14.3. The van der Waals surface area contributed by atoms with Crippen LogP contribution >= 0.6 is 23.7 Å². The Labute approximate surface area is 164 Å². The normalized spacial score (nSPS) is 16.7. The molecule has 0 aliphatic carbocycles. The van der Waals surface area contributed by atoms with E-state index in [-0.39, 0.29) is 28.6 Å². The Kier molecular flexibility index (Phi) is 7.05. The Morgan fingerprint density at radius 1 is 1.31 bits per heavy atom. The lowest BCUT2D eigenvalue weighted by Crippen LogP contribution is -2.39. The molecule has 9 heteroatoms. The quantitative estimate of drug-likeness (QED) is 0.759. The first kappa shape index (κ1) is 20.7. The summed E-state index contributed by atoms with van der Waals surface area (Å²) < 4.78 is 27.2. The summed E-state index contributed by atoms with van der Waals surface area (Å²) in [7, 11) is -1.71. The van der Waals surface area contributed by atoms with Crippen LogP contribution in [0.5, 0.6) is 0 Å². The highest BCUT2D eigenvalue weighted by molar-refractivity contribution is 7.94. The standard InChI is InChI=1S/C17H21N3O3S2.ClH/c1-20(15-8-9-18-12-15)16(21)11-13-4-6-14(7-5-13)19-25(22,23)17-3-2-10-24-17;/h2-7,10,15,18-19H,8-9,11-12H2,1H3;1H. The number of sulfonamides is 1. The van der Waals surface area contributed by atoms with Gasteiger partial charge in [0.2, 0.25) is 5.91 Å². The van der Waals surface area contributed by atoms with Gasteiger partial charge in [-0.15, -0.1) is 23.7 Å². The number of carbonyl (C=O) groups excluding carboxylic acids is 1. The highest BCUT2D eigenvalue weighted by Gasteiger charge is 2.23. The molecule has 1 atom stereocenters. The van der Waals surface area contributed by atoms with Crippen LogP contribution in [-0.4, -0.2) is 45.4 Å². The van der Waals surface area contributed by atoms with E-state index in [4.69, 9.17) is 0 Å². The predicted octanol–water partition coefficient (Wildman–Crippen LogP) is 2.33. The second-order valence-electron chi connectivity index (χ2n) is 6.06. The summed E-state index contributed by atoms with van der Waals surface area (Å²) in [6.45, 7) is 1.78. The molecule has 26 heavy (non-hydrogen) atoms. The SMILES string of the molecule is CN(C(=O)Cc1ccc(NS(=O)(=O)c2cccs2)cc1)C1CCNC1.Cl. The number of amides is 1. The lowest BCUT2D eigenvalue weighted by molar-refractivity contribution is -0.130. The number of nitrogens with one attached hydrogen (secondary N) is 2. The first-order chi connectivity index (χ1) is 12.0. The van der Waals surface area contributed by atoms with E-state index in [9.17, 15) is 13.2 Å². The van der Waals surface area contributed by atoms with E-state index in [2.05, 4.69) is 10.0 Å². The zero-order valence-corrected chi connectivity index (χ0v) is 16.8. The lowest BCUT2D eigenvalue weighted by atomic mass is 10.1. The van der Waals surface area contributed by atoms with Gasteiger partial charge >= 0.3 is 0 Å². The average molecular weight is 416 g/mol. The van der Waals surface area contributed by atoms with Crippen molar-refractivity contribution in [1.82, 2.24) is 10.2 Å².